The number of hydrogen-bond donors (Lipinski definition) is 3. The highest BCUT2D eigenvalue weighted by Gasteiger charge is 2.16. The first-order chi connectivity index (χ1) is 8.91. The second kappa shape index (κ2) is 6.89. The number of nitrogens with one attached hydrogen (secondary N) is 1. The zero-order valence-corrected chi connectivity index (χ0v) is 11.2. The van der Waals surface area contributed by atoms with Crippen LogP contribution < -0.4 is 11.1 Å². The van der Waals surface area contributed by atoms with Gasteiger partial charge in [-0.05, 0) is 31.0 Å². The van der Waals surface area contributed by atoms with Crippen molar-refractivity contribution in [2.75, 3.05) is 6.54 Å². The van der Waals surface area contributed by atoms with Crippen LogP contribution in [0.5, 0.6) is 0 Å². The maximum absolute atomic E-state index is 11.6. The summed E-state index contributed by atoms with van der Waals surface area (Å²) in [5, 5.41) is 11.6. The molecule has 0 aliphatic carbocycles. The van der Waals surface area contributed by atoms with Crippen LogP contribution in [0.3, 0.4) is 0 Å². The molecule has 0 saturated carbocycles. The fraction of sp³-hybridized carbons (Fsp3) is 0.429. The van der Waals surface area contributed by atoms with E-state index in [0.29, 0.717) is 13.0 Å². The molecule has 2 unspecified atom stereocenters. The SMILES string of the molecule is CC(N)C(C)C(=O)NCCc1ccc(C(=O)O)cc1. The van der Waals surface area contributed by atoms with Gasteiger partial charge < -0.3 is 16.2 Å². The number of carbonyl (C=O) groups is 2. The number of carboxylic acids is 1. The number of carboxylic acid groups (broad SMARTS) is 1. The molecule has 0 spiro atoms. The molecule has 0 heterocycles. The molecule has 1 aromatic rings. The van der Waals surface area contributed by atoms with Gasteiger partial charge in [-0.3, -0.25) is 4.79 Å². The molecule has 1 rings (SSSR count). The zero-order chi connectivity index (χ0) is 14.4. The molecule has 0 aliphatic heterocycles. The van der Waals surface area contributed by atoms with Gasteiger partial charge >= 0.3 is 5.97 Å². The standard InChI is InChI=1S/C14H20N2O3/c1-9(10(2)15)13(17)16-8-7-11-3-5-12(6-4-11)14(18)19/h3-6,9-10H,7-8,15H2,1-2H3,(H,16,17)(H,18,19). The summed E-state index contributed by atoms with van der Waals surface area (Å²) in [6, 6.07) is 6.46. The minimum absolute atomic E-state index is 0.0582. The van der Waals surface area contributed by atoms with Crippen LogP contribution in [0.2, 0.25) is 0 Å². The molecule has 4 N–H and O–H groups in total. The third-order valence-electron chi connectivity index (χ3n) is 3.12. The number of benzene rings is 1. The van der Waals surface area contributed by atoms with Crippen LogP contribution in [-0.2, 0) is 11.2 Å². The highest BCUT2D eigenvalue weighted by Crippen LogP contribution is 2.05. The fourth-order valence-electron chi connectivity index (χ4n) is 1.54. The van der Waals surface area contributed by atoms with Crippen LogP contribution in [0.25, 0.3) is 0 Å². The number of hydrogen-bond acceptors (Lipinski definition) is 3. The molecule has 104 valence electrons. The summed E-state index contributed by atoms with van der Waals surface area (Å²) >= 11 is 0. The van der Waals surface area contributed by atoms with Crippen molar-refractivity contribution in [3.05, 3.63) is 35.4 Å². The molecule has 2 atom stereocenters. The number of aromatic carboxylic acids is 1. The Kier molecular flexibility index (Phi) is 5.51. The van der Waals surface area contributed by atoms with Gasteiger partial charge in [-0.15, -0.1) is 0 Å². The van der Waals surface area contributed by atoms with Gasteiger partial charge in [-0.2, -0.15) is 0 Å². The molecule has 5 nitrogen and oxygen atoms in total. The van der Waals surface area contributed by atoms with Gasteiger partial charge in [0, 0.05) is 18.5 Å². The summed E-state index contributed by atoms with van der Waals surface area (Å²) in [6.07, 6.45) is 0.664. The van der Waals surface area contributed by atoms with Crippen molar-refractivity contribution < 1.29 is 14.7 Å². The Morgan fingerprint density at radius 2 is 1.84 bits per heavy atom. The van der Waals surface area contributed by atoms with Crippen LogP contribution in [0.1, 0.15) is 29.8 Å². The van der Waals surface area contributed by atoms with E-state index in [0.717, 1.165) is 5.56 Å². The monoisotopic (exact) mass is 264 g/mol. The summed E-state index contributed by atoms with van der Waals surface area (Å²) in [7, 11) is 0. The molecule has 0 fully saturated rings. The Morgan fingerprint density at radius 3 is 2.32 bits per heavy atom. The lowest BCUT2D eigenvalue weighted by Gasteiger charge is -2.15. The minimum Gasteiger partial charge on any atom is -0.478 e. The Bertz CT molecular complexity index is 441. The predicted molar refractivity (Wildman–Crippen MR) is 72.9 cm³/mol. The van der Waals surface area contributed by atoms with Crippen molar-refractivity contribution in [1.29, 1.82) is 0 Å². The normalized spacial score (nSPS) is 13.6. The van der Waals surface area contributed by atoms with E-state index >= 15 is 0 Å². The van der Waals surface area contributed by atoms with Crippen LogP contribution >= 0.6 is 0 Å². The van der Waals surface area contributed by atoms with E-state index in [-0.39, 0.29) is 23.4 Å². The van der Waals surface area contributed by atoms with Crippen LogP contribution in [0.15, 0.2) is 24.3 Å². The topological polar surface area (TPSA) is 92.4 Å². The first-order valence-electron chi connectivity index (χ1n) is 6.27. The summed E-state index contributed by atoms with van der Waals surface area (Å²) in [6.45, 7) is 4.11. The first-order valence-corrected chi connectivity index (χ1v) is 6.27. The van der Waals surface area contributed by atoms with Crippen molar-refractivity contribution in [2.45, 2.75) is 26.3 Å². The van der Waals surface area contributed by atoms with E-state index < -0.39 is 5.97 Å². The van der Waals surface area contributed by atoms with Crippen LogP contribution in [0, 0.1) is 5.92 Å². The predicted octanol–water partition coefficient (Wildman–Crippen LogP) is 1.03. The molecule has 0 aromatic heterocycles. The largest absolute Gasteiger partial charge is 0.478 e. The second-order valence-electron chi connectivity index (χ2n) is 4.69. The number of amides is 1. The zero-order valence-electron chi connectivity index (χ0n) is 11.2. The maximum Gasteiger partial charge on any atom is 0.335 e. The van der Waals surface area contributed by atoms with Crippen LogP contribution in [-0.4, -0.2) is 29.6 Å². The second-order valence-corrected chi connectivity index (χ2v) is 4.69. The Balaban J connectivity index is 2.41. The molecule has 0 saturated heterocycles. The van der Waals surface area contributed by atoms with Gasteiger partial charge in [0.05, 0.1) is 5.56 Å². The van der Waals surface area contributed by atoms with E-state index in [1.165, 1.54) is 0 Å². The lowest BCUT2D eigenvalue weighted by molar-refractivity contribution is -0.124. The molecule has 0 aliphatic rings. The average molecular weight is 264 g/mol. The Hall–Kier alpha value is -1.88. The van der Waals surface area contributed by atoms with Crippen molar-refractivity contribution in [1.82, 2.24) is 5.32 Å². The molecule has 0 radical (unpaired) electrons. The Morgan fingerprint density at radius 1 is 1.26 bits per heavy atom. The van der Waals surface area contributed by atoms with Gasteiger partial charge in [0.2, 0.25) is 5.91 Å². The lowest BCUT2D eigenvalue weighted by Crippen LogP contribution is -2.39. The third kappa shape index (κ3) is 4.71. The maximum atomic E-state index is 11.6. The van der Waals surface area contributed by atoms with Gasteiger partial charge in [0.25, 0.3) is 0 Å². The van der Waals surface area contributed by atoms with E-state index in [4.69, 9.17) is 10.8 Å². The smallest absolute Gasteiger partial charge is 0.335 e. The molecule has 1 aromatic carbocycles. The van der Waals surface area contributed by atoms with Gasteiger partial charge in [-0.1, -0.05) is 19.1 Å². The third-order valence-corrected chi connectivity index (χ3v) is 3.12. The van der Waals surface area contributed by atoms with Gasteiger partial charge in [0.15, 0.2) is 0 Å². The number of carbonyl (C=O) groups excluding carboxylic acids is 1. The number of nitrogens with two attached hydrogens (primary N) is 1. The molecule has 0 bridgehead atoms. The van der Waals surface area contributed by atoms with E-state index in [1.807, 2.05) is 0 Å². The molecule has 19 heavy (non-hydrogen) atoms. The van der Waals surface area contributed by atoms with Gasteiger partial charge in [0.1, 0.15) is 0 Å². The highest BCUT2D eigenvalue weighted by molar-refractivity contribution is 5.87. The Labute approximate surface area is 112 Å². The summed E-state index contributed by atoms with van der Waals surface area (Å²) < 4.78 is 0. The van der Waals surface area contributed by atoms with E-state index in [2.05, 4.69) is 5.32 Å². The number of rotatable bonds is 6. The highest BCUT2D eigenvalue weighted by atomic mass is 16.4. The van der Waals surface area contributed by atoms with Crippen LogP contribution in [0.4, 0.5) is 0 Å². The van der Waals surface area contributed by atoms with Gasteiger partial charge in [-0.25, -0.2) is 4.79 Å². The van der Waals surface area contributed by atoms with E-state index in [9.17, 15) is 9.59 Å². The van der Waals surface area contributed by atoms with Crippen molar-refractivity contribution in [3.8, 4) is 0 Å². The molecule has 1 amide bonds. The summed E-state index contributed by atoms with van der Waals surface area (Å²) in [5.74, 6) is -1.21. The minimum atomic E-state index is -0.939. The lowest BCUT2D eigenvalue weighted by atomic mass is 10.0. The van der Waals surface area contributed by atoms with E-state index in [1.54, 1.807) is 38.1 Å². The first kappa shape index (κ1) is 15.2. The van der Waals surface area contributed by atoms with Crippen molar-refractivity contribution in [2.24, 2.45) is 11.7 Å². The summed E-state index contributed by atoms with van der Waals surface area (Å²) in [4.78, 5) is 22.3. The molecular formula is C14H20N2O3. The molecule has 5 heteroatoms. The molecular weight excluding hydrogens is 244 g/mol. The van der Waals surface area contributed by atoms with Crippen molar-refractivity contribution >= 4 is 11.9 Å². The van der Waals surface area contributed by atoms with Crippen molar-refractivity contribution in [3.63, 3.8) is 0 Å². The fourth-order valence-corrected chi connectivity index (χ4v) is 1.54. The average Bonchev–Trinajstić information content (AvgIpc) is 2.38. The summed E-state index contributed by atoms with van der Waals surface area (Å²) in [5.41, 5.74) is 6.90. The quantitative estimate of drug-likeness (QED) is 0.715.